The third kappa shape index (κ3) is 4.54. The third-order valence-electron chi connectivity index (χ3n) is 6.42. The molecule has 4 aromatic rings. The minimum absolute atomic E-state index is 0.0759. The molecule has 1 heterocycles. The molecule has 0 unspecified atom stereocenters. The number of anilines is 1. The second-order valence-electron chi connectivity index (χ2n) is 8.68. The highest BCUT2D eigenvalue weighted by Crippen LogP contribution is 2.36. The van der Waals surface area contributed by atoms with Crippen LogP contribution in [-0.4, -0.2) is 29.9 Å². The van der Waals surface area contributed by atoms with E-state index >= 15 is 0 Å². The summed E-state index contributed by atoms with van der Waals surface area (Å²) in [6, 6.07) is 31.9. The molecule has 7 nitrogen and oxygen atoms in total. The first-order valence-corrected chi connectivity index (χ1v) is 11.8. The highest BCUT2D eigenvalue weighted by molar-refractivity contribution is 6.09. The number of carbonyl (C=O) groups is 3. The fraction of sp³-hybridized carbons (Fsp3) is 0.100. The molecule has 4 aromatic carbocycles. The van der Waals surface area contributed by atoms with Crippen molar-refractivity contribution in [3.8, 4) is 5.75 Å². The fourth-order valence-corrected chi connectivity index (χ4v) is 4.48. The average Bonchev–Trinajstić information content (AvgIpc) is 3.20. The summed E-state index contributed by atoms with van der Waals surface area (Å²) in [6.07, 6.45) is 0. The lowest BCUT2D eigenvalue weighted by molar-refractivity contribution is -0.130. The first kappa shape index (κ1) is 23.8. The van der Waals surface area contributed by atoms with Gasteiger partial charge in [-0.2, -0.15) is 0 Å². The van der Waals surface area contributed by atoms with E-state index in [0.29, 0.717) is 28.1 Å². The number of hydrogen-bond acceptors (Lipinski definition) is 4. The van der Waals surface area contributed by atoms with Crippen LogP contribution in [-0.2, 0) is 16.9 Å². The predicted octanol–water partition coefficient (Wildman–Crippen LogP) is 4.94. The lowest BCUT2D eigenvalue weighted by atomic mass is 9.82. The summed E-state index contributed by atoms with van der Waals surface area (Å²) in [4.78, 5) is 40.8. The van der Waals surface area contributed by atoms with Crippen molar-refractivity contribution < 1.29 is 19.1 Å². The third-order valence-corrected chi connectivity index (χ3v) is 6.42. The van der Waals surface area contributed by atoms with E-state index in [2.05, 4.69) is 10.6 Å². The summed E-state index contributed by atoms with van der Waals surface area (Å²) in [5.74, 6) is 0.0847. The summed E-state index contributed by atoms with van der Waals surface area (Å²) in [5, 5.41) is 5.79. The zero-order valence-electron chi connectivity index (χ0n) is 20.2. The van der Waals surface area contributed by atoms with Crippen molar-refractivity contribution in [2.75, 3.05) is 12.4 Å². The van der Waals surface area contributed by atoms with Gasteiger partial charge in [-0.3, -0.25) is 14.5 Å². The Labute approximate surface area is 214 Å². The molecule has 1 aliphatic heterocycles. The van der Waals surface area contributed by atoms with Crippen molar-refractivity contribution >= 4 is 23.5 Å². The fourth-order valence-electron chi connectivity index (χ4n) is 4.48. The van der Waals surface area contributed by atoms with Crippen molar-refractivity contribution in [3.05, 3.63) is 131 Å². The number of hydrogen-bond donors (Lipinski definition) is 2. The number of amides is 4. The van der Waals surface area contributed by atoms with Crippen molar-refractivity contribution in [2.45, 2.75) is 12.1 Å². The Morgan fingerprint density at radius 1 is 0.811 bits per heavy atom. The van der Waals surface area contributed by atoms with Gasteiger partial charge in [0.25, 0.3) is 11.8 Å². The Morgan fingerprint density at radius 2 is 1.38 bits per heavy atom. The molecule has 4 amide bonds. The maximum atomic E-state index is 13.8. The topological polar surface area (TPSA) is 87.7 Å². The van der Waals surface area contributed by atoms with Gasteiger partial charge in [-0.05, 0) is 53.1 Å². The van der Waals surface area contributed by atoms with Crippen LogP contribution in [0.5, 0.6) is 5.75 Å². The number of benzene rings is 4. The van der Waals surface area contributed by atoms with Crippen molar-refractivity contribution in [3.63, 3.8) is 0 Å². The van der Waals surface area contributed by atoms with Gasteiger partial charge < -0.3 is 15.4 Å². The molecule has 0 aromatic heterocycles. The highest BCUT2D eigenvalue weighted by atomic mass is 16.5. The van der Waals surface area contributed by atoms with E-state index in [1.807, 2.05) is 60.7 Å². The molecule has 0 aliphatic carbocycles. The van der Waals surface area contributed by atoms with Gasteiger partial charge in [0.1, 0.15) is 5.75 Å². The standard InChI is InChI=1S/C30H25N3O4/c1-37-26-18-16-25(17-19-26)31-27(34)22-14-12-21(13-15-22)20-33-28(35)30(32-29(33)36,23-8-4-2-5-9-23)24-10-6-3-7-11-24/h2-19H,20H2,1H3,(H,31,34)(H,32,36). The van der Waals surface area contributed by atoms with Crippen LogP contribution in [0.25, 0.3) is 0 Å². The summed E-state index contributed by atoms with van der Waals surface area (Å²) in [7, 11) is 1.58. The summed E-state index contributed by atoms with van der Waals surface area (Å²) >= 11 is 0. The lowest BCUT2D eigenvalue weighted by Crippen LogP contribution is -2.45. The first-order chi connectivity index (χ1) is 18.0. The molecule has 5 rings (SSSR count). The number of nitrogens with one attached hydrogen (secondary N) is 2. The molecule has 0 atom stereocenters. The second-order valence-corrected chi connectivity index (χ2v) is 8.68. The van der Waals surface area contributed by atoms with E-state index in [1.54, 1.807) is 55.6 Å². The zero-order valence-corrected chi connectivity index (χ0v) is 20.2. The normalized spacial score (nSPS) is 14.2. The maximum absolute atomic E-state index is 13.8. The molecule has 37 heavy (non-hydrogen) atoms. The van der Waals surface area contributed by atoms with E-state index in [1.165, 1.54) is 4.90 Å². The van der Waals surface area contributed by atoms with Crippen LogP contribution >= 0.6 is 0 Å². The molecular formula is C30H25N3O4. The zero-order chi connectivity index (χ0) is 25.8. The molecule has 2 N–H and O–H groups in total. The van der Waals surface area contributed by atoms with Crippen molar-refractivity contribution in [1.82, 2.24) is 10.2 Å². The lowest BCUT2D eigenvalue weighted by Gasteiger charge is -2.28. The van der Waals surface area contributed by atoms with Gasteiger partial charge in [0.2, 0.25) is 0 Å². The number of carbonyl (C=O) groups excluding carboxylic acids is 3. The Balaban J connectivity index is 1.35. The van der Waals surface area contributed by atoms with Gasteiger partial charge in [-0.1, -0.05) is 72.8 Å². The van der Waals surface area contributed by atoms with Gasteiger partial charge in [-0.25, -0.2) is 4.79 Å². The Kier molecular flexibility index (Phi) is 6.43. The largest absolute Gasteiger partial charge is 0.497 e. The minimum atomic E-state index is -1.31. The molecule has 1 saturated heterocycles. The molecule has 1 aliphatic rings. The molecule has 7 heteroatoms. The molecule has 0 radical (unpaired) electrons. The number of nitrogens with zero attached hydrogens (tertiary/aromatic N) is 1. The van der Waals surface area contributed by atoms with E-state index < -0.39 is 11.6 Å². The Morgan fingerprint density at radius 3 is 1.92 bits per heavy atom. The van der Waals surface area contributed by atoms with Crippen LogP contribution in [0, 0.1) is 0 Å². The number of ether oxygens (including phenoxy) is 1. The summed E-state index contributed by atoms with van der Waals surface area (Å²) < 4.78 is 5.14. The van der Waals surface area contributed by atoms with E-state index in [-0.39, 0.29) is 18.4 Å². The first-order valence-electron chi connectivity index (χ1n) is 11.8. The Bertz CT molecular complexity index is 1380. The monoisotopic (exact) mass is 491 g/mol. The van der Waals surface area contributed by atoms with E-state index in [9.17, 15) is 14.4 Å². The van der Waals surface area contributed by atoms with Crippen molar-refractivity contribution in [2.24, 2.45) is 0 Å². The summed E-state index contributed by atoms with van der Waals surface area (Å²) in [6.45, 7) is 0.0759. The second kappa shape index (κ2) is 9.99. The molecule has 0 saturated carbocycles. The van der Waals surface area contributed by atoms with Crippen LogP contribution in [0.15, 0.2) is 109 Å². The van der Waals surface area contributed by atoms with Gasteiger partial charge >= 0.3 is 6.03 Å². The molecule has 0 bridgehead atoms. The van der Waals surface area contributed by atoms with Gasteiger partial charge in [0.05, 0.1) is 13.7 Å². The van der Waals surface area contributed by atoms with Crippen LogP contribution in [0.3, 0.4) is 0 Å². The van der Waals surface area contributed by atoms with Crippen LogP contribution < -0.4 is 15.4 Å². The average molecular weight is 492 g/mol. The van der Waals surface area contributed by atoms with Crippen LogP contribution in [0.2, 0.25) is 0 Å². The maximum Gasteiger partial charge on any atom is 0.325 e. The van der Waals surface area contributed by atoms with Crippen molar-refractivity contribution in [1.29, 1.82) is 0 Å². The highest BCUT2D eigenvalue weighted by Gasteiger charge is 2.53. The van der Waals surface area contributed by atoms with Crippen LogP contribution in [0.1, 0.15) is 27.0 Å². The smallest absolute Gasteiger partial charge is 0.325 e. The molecule has 0 spiro atoms. The Hall–Kier alpha value is -4.91. The van der Waals surface area contributed by atoms with Gasteiger partial charge in [-0.15, -0.1) is 0 Å². The quantitative estimate of drug-likeness (QED) is 0.359. The van der Waals surface area contributed by atoms with Gasteiger partial charge in [0, 0.05) is 11.3 Å². The van der Waals surface area contributed by atoms with E-state index in [0.717, 1.165) is 5.56 Å². The minimum Gasteiger partial charge on any atom is -0.497 e. The molecular weight excluding hydrogens is 466 g/mol. The SMILES string of the molecule is COc1ccc(NC(=O)c2ccc(CN3C(=O)NC(c4ccccc4)(c4ccccc4)C3=O)cc2)cc1. The number of urea groups is 1. The number of imide groups is 1. The predicted molar refractivity (Wildman–Crippen MR) is 140 cm³/mol. The molecule has 184 valence electrons. The number of methoxy groups -OCH3 is 1. The van der Waals surface area contributed by atoms with Gasteiger partial charge in [0.15, 0.2) is 5.54 Å². The summed E-state index contributed by atoms with van der Waals surface area (Å²) in [5.41, 5.74) is 1.89. The van der Waals surface area contributed by atoms with E-state index in [4.69, 9.17) is 4.74 Å². The molecule has 1 fully saturated rings. The number of rotatable bonds is 7. The van der Waals surface area contributed by atoms with Crippen LogP contribution in [0.4, 0.5) is 10.5 Å².